The van der Waals surface area contributed by atoms with Crippen LogP contribution in [0.3, 0.4) is 0 Å². The summed E-state index contributed by atoms with van der Waals surface area (Å²) in [6, 6.07) is 13.3. The zero-order chi connectivity index (χ0) is 23.5. The first-order valence-corrected chi connectivity index (χ1v) is 11.2. The van der Waals surface area contributed by atoms with Crippen LogP contribution >= 0.6 is 11.6 Å². The van der Waals surface area contributed by atoms with Crippen LogP contribution in [0.25, 0.3) is 0 Å². The topological polar surface area (TPSA) is 93.7 Å². The maximum Gasteiger partial charge on any atom is 0.289 e. The number of ether oxygens (including phenoxy) is 2. The number of carbonyl (C=O) groups excluding carboxylic acids is 3. The minimum atomic E-state index is -0.999. The Hall–Kier alpha value is -3.00. The molecule has 33 heavy (non-hydrogen) atoms. The molecule has 1 aliphatic heterocycles. The van der Waals surface area contributed by atoms with Gasteiger partial charge in [-0.3, -0.25) is 14.4 Å². The van der Waals surface area contributed by atoms with Gasteiger partial charge in [0.25, 0.3) is 11.8 Å². The van der Waals surface area contributed by atoms with Crippen LogP contribution in [0.5, 0.6) is 0 Å². The van der Waals surface area contributed by atoms with Crippen molar-refractivity contribution in [3.63, 3.8) is 0 Å². The normalized spacial score (nSPS) is 18.3. The van der Waals surface area contributed by atoms with Crippen molar-refractivity contribution in [2.24, 2.45) is 0 Å². The molecule has 2 aromatic carbocycles. The molecule has 0 aliphatic carbocycles. The van der Waals surface area contributed by atoms with Crippen molar-refractivity contribution in [2.45, 2.75) is 25.5 Å². The van der Waals surface area contributed by atoms with E-state index >= 15 is 0 Å². The fraction of sp³-hybridized carbons (Fsp3) is 0.320. The number of amides is 2. The lowest BCUT2D eigenvalue weighted by Crippen LogP contribution is -2.47. The van der Waals surface area contributed by atoms with Gasteiger partial charge in [-0.05, 0) is 42.2 Å². The molecule has 2 N–H and O–H groups in total. The Morgan fingerprint density at radius 3 is 2.61 bits per heavy atom. The van der Waals surface area contributed by atoms with E-state index in [9.17, 15) is 14.4 Å². The molecular formula is C25H27ClN2O5. The largest absolute Gasteiger partial charge is 0.375 e. The molecule has 0 fully saturated rings. The van der Waals surface area contributed by atoms with E-state index < -0.39 is 23.6 Å². The number of ketones is 1. The standard InChI is InChI=1S/C25H27ClN2O5/c26-20-10-8-18(9-11-20)12-13-27-25(31)23(29)22-7-3-4-14-32-15-16-33-17-19-5-1-2-6-21(19)24(30)28-22/h1-6,8-11,22H,7,12-17H2,(H,27,31)(H,28,30)/b4-3-. The van der Waals surface area contributed by atoms with Gasteiger partial charge in [0.1, 0.15) is 6.04 Å². The van der Waals surface area contributed by atoms with Crippen LogP contribution in [-0.4, -0.2) is 50.0 Å². The van der Waals surface area contributed by atoms with Crippen LogP contribution in [0, 0.1) is 0 Å². The molecule has 1 aliphatic rings. The predicted octanol–water partition coefficient (Wildman–Crippen LogP) is 2.86. The highest BCUT2D eigenvalue weighted by atomic mass is 35.5. The summed E-state index contributed by atoms with van der Waals surface area (Å²) >= 11 is 5.88. The van der Waals surface area contributed by atoms with Crippen molar-refractivity contribution < 1.29 is 23.9 Å². The highest BCUT2D eigenvalue weighted by Crippen LogP contribution is 2.12. The number of fused-ring (bicyclic) bond motifs is 1. The molecule has 7 nitrogen and oxygen atoms in total. The van der Waals surface area contributed by atoms with E-state index in [-0.39, 0.29) is 19.6 Å². The van der Waals surface area contributed by atoms with E-state index in [1.165, 1.54) is 0 Å². The monoisotopic (exact) mass is 470 g/mol. The summed E-state index contributed by atoms with van der Waals surface area (Å²) in [7, 11) is 0. The van der Waals surface area contributed by atoms with Crippen LogP contribution in [0.15, 0.2) is 60.7 Å². The Morgan fingerprint density at radius 1 is 1.03 bits per heavy atom. The van der Waals surface area contributed by atoms with E-state index in [0.29, 0.717) is 42.4 Å². The van der Waals surface area contributed by atoms with E-state index in [1.54, 1.807) is 42.5 Å². The van der Waals surface area contributed by atoms with Gasteiger partial charge in [0.2, 0.25) is 5.78 Å². The number of nitrogens with one attached hydrogen (secondary N) is 2. The number of halogens is 1. The average molecular weight is 471 g/mol. The number of carbonyl (C=O) groups is 3. The van der Waals surface area contributed by atoms with E-state index in [2.05, 4.69) is 10.6 Å². The number of hydrogen-bond acceptors (Lipinski definition) is 5. The summed E-state index contributed by atoms with van der Waals surface area (Å²) in [6.45, 7) is 1.70. The molecule has 1 unspecified atom stereocenters. The van der Waals surface area contributed by atoms with E-state index in [0.717, 1.165) is 5.56 Å². The molecule has 0 aromatic heterocycles. The van der Waals surface area contributed by atoms with Gasteiger partial charge < -0.3 is 20.1 Å². The average Bonchev–Trinajstić information content (AvgIpc) is 2.82. The highest BCUT2D eigenvalue weighted by Gasteiger charge is 2.27. The lowest BCUT2D eigenvalue weighted by atomic mass is 10.0. The Balaban J connectivity index is 1.66. The molecule has 0 saturated heterocycles. The number of Topliss-reactive ketones (excluding diaryl/α,β-unsaturated/α-hetero) is 1. The Bertz CT molecular complexity index is 991. The van der Waals surface area contributed by atoms with Gasteiger partial charge in [-0.15, -0.1) is 0 Å². The first-order chi connectivity index (χ1) is 16.0. The smallest absolute Gasteiger partial charge is 0.289 e. The quantitative estimate of drug-likeness (QED) is 0.517. The maximum absolute atomic E-state index is 12.9. The third-order valence-electron chi connectivity index (χ3n) is 5.10. The Morgan fingerprint density at radius 2 is 1.79 bits per heavy atom. The lowest BCUT2D eigenvalue weighted by Gasteiger charge is -2.18. The second-order valence-electron chi connectivity index (χ2n) is 7.51. The molecule has 0 saturated carbocycles. The molecule has 1 atom stereocenters. The molecular weight excluding hydrogens is 444 g/mol. The second kappa shape index (κ2) is 12.9. The van der Waals surface area contributed by atoms with Gasteiger partial charge in [0.05, 0.1) is 26.4 Å². The number of rotatable bonds is 5. The van der Waals surface area contributed by atoms with E-state index in [4.69, 9.17) is 21.1 Å². The Labute approximate surface area is 198 Å². The van der Waals surface area contributed by atoms with Crippen molar-refractivity contribution in [1.82, 2.24) is 10.6 Å². The van der Waals surface area contributed by atoms with Gasteiger partial charge >= 0.3 is 0 Å². The third kappa shape index (κ3) is 7.82. The van der Waals surface area contributed by atoms with Crippen LogP contribution in [-0.2, 0) is 32.1 Å². The molecule has 0 spiro atoms. The minimum absolute atomic E-state index is 0.178. The number of benzene rings is 2. The second-order valence-corrected chi connectivity index (χ2v) is 7.95. The van der Waals surface area contributed by atoms with Crippen LogP contribution < -0.4 is 10.6 Å². The summed E-state index contributed by atoms with van der Waals surface area (Å²) < 4.78 is 11.0. The molecule has 0 radical (unpaired) electrons. The summed E-state index contributed by atoms with van der Waals surface area (Å²) in [4.78, 5) is 38.3. The summed E-state index contributed by atoms with van der Waals surface area (Å²) in [5.74, 6) is -1.87. The number of hydrogen-bond donors (Lipinski definition) is 2. The SMILES string of the molecule is O=C(NCCc1ccc(Cl)cc1)C(=O)C1C/C=C\COCCOCc2ccccc2C(=O)N1. The van der Waals surface area contributed by atoms with Crippen molar-refractivity contribution in [2.75, 3.05) is 26.4 Å². The summed E-state index contributed by atoms with van der Waals surface area (Å²) in [5, 5.41) is 5.98. The molecule has 0 bridgehead atoms. The molecule has 1 heterocycles. The maximum atomic E-state index is 12.9. The molecule has 2 aromatic rings. The van der Waals surface area contributed by atoms with Crippen LogP contribution in [0.2, 0.25) is 5.02 Å². The molecule has 8 heteroatoms. The summed E-state index contributed by atoms with van der Waals surface area (Å²) in [5.41, 5.74) is 2.09. The predicted molar refractivity (Wildman–Crippen MR) is 125 cm³/mol. The molecule has 3 rings (SSSR count). The van der Waals surface area contributed by atoms with Crippen molar-refractivity contribution >= 4 is 29.2 Å². The first-order valence-electron chi connectivity index (χ1n) is 10.8. The van der Waals surface area contributed by atoms with Crippen molar-refractivity contribution in [3.05, 3.63) is 82.4 Å². The zero-order valence-corrected chi connectivity index (χ0v) is 19.0. The molecule has 174 valence electrons. The third-order valence-corrected chi connectivity index (χ3v) is 5.35. The van der Waals surface area contributed by atoms with E-state index in [1.807, 2.05) is 18.2 Å². The van der Waals surface area contributed by atoms with Gasteiger partial charge in [-0.2, -0.15) is 0 Å². The highest BCUT2D eigenvalue weighted by molar-refractivity contribution is 6.38. The van der Waals surface area contributed by atoms with Gasteiger partial charge in [-0.25, -0.2) is 0 Å². The summed E-state index contributed by atoms with van der Waals surface area (Å²) in [6.07, 6.45) is 4.21. The zero-order valence-electron chi connectivity index (χ0n) is 18.2. The van der Waals surface area contributed by atoms with Gasteiger partial charge in [0.15, 0.2) is 0 Å². The molecule has 2 amide bonds. The van der Waals surface area contributed by atoms with Crippen LogP contribution in [0.1, 0.15) is 27.9 Å². The van der Waals surface area contributed by atoms with Crippen molar-refractivity contribution in [3.8, 4) is 0 Å². The lowest BCUT2D eigenvalue weighted by molar-refractivity contribution is -0.138. The van der Waals surface area contributed by atoms with Gasteiger partial charge in [0, 0.05) is 17.1 Å². The first kappa shape index (κ1) is 24.6. The fourth-order valence-corrected chi connectivity index (χ4v) is 3.43. The van der Waals surface area contributed by atoms with Crippen LogP contribution in [0.4, 0.5) is 0 Å². The van der Waals surface area contributed by atoms with Crippen molar-refractivity contribution in [1.29, 1.82) is 0 Å². The fourth-order valence-electron chi connectivity index (χ4n) is 3.30. The minimum Gasteiger partial charge on any atom is -0.375 e. The Kier molecular flexibility index (Phi) is 9.62. The van der Waals surface area contributed by atoms with Gasteiger partial charge in [-0.1, -0.05) is 54.1 Å².